The molecule has 90 heavy (non-hydrogen) atoms. The van der Waals surface area contributed by atoms with Gasteiger partial charge in [0.05, 0.1) is 23.8 Å². The maximum Gasteiger partial charge on any atom is 2.00 e. The van der Waals surface area contributed by atoms with E-state index in [4.69, 9.17) is 67.0 Å². The van der Waals surface area contributed by atoms with Gasteiger partial charge in [-0.15, -0.1) is 71.7 Å². The first-order valence-electron chi connectivity index (χ1n) is 29.5. The van der Waals surface area contributed by atoms with Crippen LogP contribution in [0.5, 0.6) is 0 Å². The number of allylic oxidation sites excluding steroid dienone is 4. The van der Waals surface area contributed by atoms with E-state index >= 15 is 0 Å². The van der Waals surface area contributed by atoms with Crippen molar-refractivity contribution in [2.45, 2.75) is 93.8 Å². The topological polar surface area (TPSA) is 99.0 Å². The van der Waals surface area contributed by atoms with Crippen LogP contribution in [0.4, 0.5) is 0 Å². The van der Waals surface area contributed by atoms with Gasteiger partial charge in [0.2, 0.25) is 0 Å². The molecule has 0 unspecified atom stereocenters. The van der Waals surface area contributed by atoms with E-state index in [1.807, 2.05) is 0 Å². The van der Waals surface area contributed by atoms with Crippen LogP contribution in [0, 0.1) is 0 Å². The second kappa shape index (κ2) is 38.3. The van der Waals surface area contributed by atoms with Gasteiger partial charge in [0, 0.05) is 11.4 Å². The molecule has 452 valence electrons. The molecule has 12 aromatic rings. The van der Waals surface area contributed by atoms with Gasteiger partial charge in [-0.3, -0.25) is 9.98 Å². The monoisotopic (exact) mass is 1370 g/mol. The molecule has 0 fully saturated rings. The summed E-state index contributed by atoms with van der Waals surface area (Å²) < 4.78 is 0. The third kappa shape index (κ3) is 21.3. The van der Waals surface area contributed by atoms with Crippen LogP contribution in [0.1, 0.15) is 77.6 Å². The largest absolute Gasteiger partial charge is 2.00 e. The number of rotatable bonds is 12. The number of fused-ring (bicyclic) bond motifs is 8. The van der Waals surface area contributed by atoms with Crippen LogP contribution >= 0.6 is 46.4 Å². The molecule has 0 amide bonds. The Morgan fingerprint density at radius 2 is 0.511 bits per heavy atom. The average Bonchev–Trinajstić information content (AvgIpc) is 1.07. The molecule has 0 aliphatic rings. The van der Waals surface area contributed by atoms with E-state index in [0.29, 0.717) is 26.2 Å². The SMILES string of the molecule is CC(/C=C(/C)[N-]Cc1c2ccccc2cc2ccccc12)=NCc1c2ccccc2cc2ccccc12.CC(/C=C(/C)[N-]Cc1c2ccccc2cc2ccccc12)=NCc1c2ccccc2cc2ccccc12.CC(C)[O-].CC(C)[O-].ClCCl.ClCCl.[Zn+2].[Zn+2]. The minimum absolute atomic E-state index is 0. The third-order valence-electron chi connectivity index (χ3n) is 14.3. The molecule has 12 aromatic carbocycles. The van der Waals surface area contributed by atoms with E-state index < -0.39 is 12.2 Å². The second-order valence-electron chi connectivity index (χ2n) is 21.6. The van der Waals surface area contributed by atoms with Crippen molar-refractivity contribution in [1.82, 2.24) is 0 Å². The first kappa shape index (κ1) is 74.2. The summed E-state index contributed by atoms with van der Waals surface area (Å²) in [7, 11) is 0. The summed E-state index contributed by atoms with van der Waals surface area (Å²) in [4.78, 5) is 9.94. The maximum absolute atomic E-state index is 9.53. The Kier molecular flexibility index (Phi) is 31.6. The van der Waals surface area contributed by atoms with Crippen molar-refractivity contribution in [2.24, 2.45) is 9.98 Å². The summed E-state index contributed by atoms with van der Waals surface area (Å²) in [5, 5.41) is 49.6. The van der Waals surface area contributed by atoms with E-state index in [0.717, 1.165) is 22.8 Å². The summed E-state index contributed by atoms with van der Waals surface area (Å²) in [6.45, 7) is 17.3. The fourth-order valence-electron chi connectivity index (χ4n) is 10.7. The summed E-state index contributed by atoms with van der Waals surface area (Å²) >= 11 is 19.1. The van der Waals surface area contributed by atoms with E-state index in [2.05, 4.69) is 258 Å². The van der Waals surface area contributed by atoms with Crippen molar-refractivity contribution in [3.05, 3.63) is 275 Å². The Bertz CT molecular complexity index is 3890. The smallest absolute Gasteiger partial charge is 0.852 e. The molecule has 0 saturated heterocycles. The first-order chi connectivity index (χ1) is 42.6. The Morgan fingerprint density at radius 3 is 0.700 bits per heavy atom. The van der Waals surface area contributed by atoms with Gasteiger partial charge in [0.1, 0.15) is 0 Å². The predicted octanol–water partition coefficient (Wildman–Crippen LogP) is 21.8. The molecule has 0 atom stereocenters. The van der Waals surface area contributed by atoms with Gasteiger partial charge in [0.15, 0.2) is 0 Å². The van der Waals surface area contributed by atoms with E-state index in [-0.39, 0.29) is 49.6 Å². The Hall–Kier alpha value is -6.53. The third-order valence-corrected chi connectivity index (χ3v) is 14.3. The van der Waals surface area contributed by atoms with Crippen molar-refractivity contribution in [3.8, 4) is 0 Å². The summed E-state index contributed by atoms with van der Waals surface area (Å²) in [6.07, 6.45) is 3.36. The van der Waals surface area contributed by atoms with Crippen molar-refractivity contribution in [1.29, 1.82) is 0 Å². The number of aliphatic imine (C=N–C) groups is 2. The molecule has 12 heteroatoms. The van der Waals surface area contributed by atoms with Crippen LogP contribution in [-0.4, -0.2) is 34.3 Å². The molecular weight excluding hydrogens is 1300 g/mol. The van der Waals surface area contributed by atoms with Gasteiger partial charge in [-0.25, -0.2) is 0 Å². The fourth-order valence-corrected chi connectivity index (χ4v) is 10.7. The van der Waals surface area contributed by atoms with Gasteiger partial charge < -0.3 is 20.8 Å². The van der Waals surface area contributed by atoms with E-state index in [9.17, 15) is 10.2 Å². The Balaban J connectivity index is 0.000000266. The number of hydrogen-bond donors (Lipinski definition) is 0. The van der Waals surface area contributed by atoms with Crippen LogP contribution in [0.3, 0.4) is 0 Å². The number of nitrogens with zero attached hydrogens (tertiary/aromatic N) is 4. The molecule has 0 aromatic heterocycles. The molecular formula is C78H76Cl4N4O2Zn2. The molecule has 0 aliphatic carbocycles. The minimum atomic E-state index is -0.417. The van der Waals surface area contributed by atoms with Crippen LogP contribution in [0.25, 0.3) is 96.8 Å². The number of alkyl halides is 4. The molecule has 6 nitrogen and oxygen atoms in total. The quantitative estimate of drug-likeness (QED) is 0.0527. The standard InChI is InChI=1S/2C35H29N2.2C3H7O.2CH2Cl2.2Zn/c2*1-24(36-22-34-30-15-7-3-11-26(30)20-27-12-4-8-16-31(27)34)19-25(2)37-23-35-32-17-9-5-13-28(32)21-29-14-6-10-18-33(29)35;2*1-3(2)4;2*2-1-3;;/h2*3-21H,22-23H2,1-2H3;2*3H,1-2H3;2*1H2;;/q4*-1;;;2*+2/b2*24-19-,37-25?;;;;;;. The van der Waals surface area contributed by atoms with Crippen molar-refractivity contribution in [3.63, 3.8) is 0 Å². The van der Waals surface area contributed by atoms with Crippen LogP contribution in [0.2, 0.25) is 0 Å². The van der Waals surface area contributed by atoms with Gasteiger partial charge in [-0.2, -0.15) is 11.4 Å². The number of halogens is 4. The Labute approximate surface area is 577 Å². The zero-order valence-electron chi connectivity index (χ0n) is 52.9. The second-order valence-corrected chi connectivity index (χ2v) is 23.2. The normalized spacial score (nSPS) is 11.6. The first-order valence-corrected chi connectivity index (χ1v) is 31.6. The zero-order valence-corrected chi connectivity index (χ0v) is 61.8. The molecule has 0 aliphatic heterocycles. The number of hydrogen-bond acceptors (Lipinski definition) is 4. The van der Waals surface area contributed by atoms with Gasteiger partial charge >= 0.3 is 39.0 Å². The van der Waals surface area contributed by atoms with Gasteiger partial charge in [-0.05, 0) is 147 Å². The molecule has 0 radical (unpaired) electrons. The molecule has 0 bridgehead atoms. The zero-order chi connectivity index (χ0) is 63.0. The summed E-state index contributed by atoms with van der Waals surface area (Å²) in [5.41, 5.74) is 9.05. The summed E-state index contributed by atoms with van der Waals surface area (Å²) in [6, 6.07) is 77.8. The van der Waals surface area contributed by atoms with Crippen molar-refractivity contribution in [2.75, 3.05) is 10.7 Å². The molecule has 12 rings (SSSR count). The summed E-state index contributed by atoms with van der Waals surface area (Å²) in [5.74, 6) is 0. The van der Waals surface area contributed by atoms with Gasteiger partial charge in [0.25, 0.3) is 0 Å². The molecule has 0 heterocycles. The fraction of sp³-hybridized carbons (Fsp3) is 0.205. The van der Waals surface area contributed by atoms with E-state index in [1.165, 1.54) is 108 Å². The van der Waals surface area contributed by atoms with Crippen molar-refractivity contribution < 1.29 is 49.2 Å². The molecule has 0 saturated carbocycles. The van der Waals surface area contributed by atoms with Gasteiger partial charge in [-0.1, -0.05) is 248 Å². The van der Waals surface area contributed by atoms with Crippen molar-refractivity contribution >= 4 is 144 Å². The predicted molar refractivity (Wildman–Crippen MR) is 385 cm³/mol. The maximum atomic E-state index is 9.53. The average molecular weight is 1370 g/mol. The minimum Gasteiger partial charge on any atom is -0.852 e. The number of benzene rings is 12. The molecule has 0 N–H and O–H groups in total. The van der Waals surface area contributed by atoms with Crippen LogP contribution in [0.15, 0.2) is 252 Å². The van der Waals surface area contributed by atoms with E-state index in [1.54, 1.807) is 27.7 Å². The van der Waals surface area contributed by atoms with Crippen LogP contribution in [-0.2, 0) is 65.1 Å². The van der Waals surface area contributed by atoms with Crippen LogP contribution < -0.4 is 10.2 Å². The Morgan fingerprint density at radius 1 is 0.344 bits per heavy atom. The molecule has 0 spiro atoms.